The first-order chi connectivity index (χ1) is 15.5. The summed E-state index contributed by atoms with van der Waals surface area (Å²) >= 11 is 0. The van der Waals surface area contributed by atoms with Crippen LogP contribution in [0, 0.1) is 5.92 Å². The highest BCUT2D eigenvalue weighted by Crippen LogP contribution is 2.26. The van der Waals surface area contributed by atoms with Gasteiger partial charge in [-0.1, -0.05) is 26.0 Å². The van der Waals surface area contributed by atoms with Gasteiger partial charge >= 0.3 is 5.97 Å². The largest absolute Gasteiger partial charge is 0.461 e. The molecule has 1 aromatic carbocycles. The number of hydrogen-bond acceptors (Lipinski definition) is 5. The Hall–Kier alpha value is -3.42. The highest BCUT2D eigenvalue weighted by Gasteiger charge is 2.31. The van der Waals surface area contributed by atoms with Gasteiger partial charge in [-0.25, -0.2) is 9.48 Å². The monoisotopic (exact) mass is 435 g/mol. The van der Waals surface area contributed by atoms with Crippen LogP contribution in [0.15, 0.2) is 42.7 Å². The molecule has 0 unspecified atom stereocenters. The van der Waals surface area contributed by atoms with Crippen molar-refractivity contribution in [3.05, 3.63) is 65.2 Å². The number of benzene rings is 1. The minimum absolute atomic E-state index is 0.0912. The Morgan fingerprint density at radius 1 is 1.19 bits per heavy atom. The molecule has 8 heteroatoms. The normalized spacial score (nSPS) is 13.3. The smallest absolute Gasteiger partial charge is 0.359 e. The molecule has 3 heterocycles. The maximum atomic E-state index is 13.5. The summed E-state index contributed by atoms with van der Waals surface area (Å²) in [4.78, 5) is 27.9. The third-order valence-electron chi connectivity index (χ3n) is 5.69. The van der Waals surface area contributed by atoms with Crippen LogP contribution in [-0.4, -0.2) is 49.5 Å². The molecular weight excluding hydrogens is 406 g/mol. The van der Waals surface area contributed by atoms with Crippen LogP contribution in [0.1, 0.15) is 59.3 Å². The second kappa shape index (κ2) is 9.38. The average molecular weight is 436 g/mol. The maximum Gasteiger partial charge on any atom is 0.359 e. The first kappa shape index (κ1) is 21.8. The van der Waals surface area contributed by atoms with E-state index in [2.05, 4.69) is 24.0 Å². The SMILES string of the molecule is CCOC(=O)c1nn(CCC(C)C)c2c1CN(C(=O)c1ccccc1-n1cccn1)CC2. The van der Waals surface area contributed by atoms with E-state index in [-0.39, 0.29) is 12.5 Å². The van der Waals surface area contributed by atoms with Crippen molar-refractivity contribution in [2.75, 3.05) is 13.2 Å². The number of rotatable bonds is 7. The highest BCUT2D eigenvalue weighted by atomic mass is 16.5. The molecule has 2 aromatic heterocycles. The van der Waals surface area contributed by atoms with Crippen LogP contribution >= 0.6 is 0 Å². The number of nitrogens with zero attached hydrogens (tertiary/aromatic N) is 5. The number of ether oxygens (including phenoxy) is 1. The number of hydrogen-bond donors (Lipinski definition) is 0. The highest BCUT2D eigenvalue weighted by molar-refractivity contribution is 5.98. The van der Waals surface area contributed by atoms with Gasteiger partial charge in [0.2, 0.25) is 0 Å². The van der Waals surface area contributed by atoms with Gasteiger partial charge in [-0.3, -0.25) is 9.48 Å². The first-order valence-corrected chi connectivity index (χ1v) is 11.1. The second-order valence-electron chi connectivity index (χ2n) is 8.34. The fraction of sp³-hybridized carbons (Fsp3) is 0.417. The van der Waals surface area contributed by atoms with Crippen molar-refractivity contribution in [1.82, 2.24) is 24.5 Å². The molecule has 0 radical (unpaired) electrons. The molecule has 0 saturated heterocycles. The zero-order chi connectivity index (χ0) is 22.7. The van der Waals surface area contributed by atoms with Crippen molar-refractivity contribution in [2.24, 2.45) is 5.92 Å². The van der Waals surface area contributed by atoms with E-state index in [9.17, 15) is 9.59 Å². The molecular formula is C24H29N5O3. The van der Waals surface area contributed by atoms with Crippen LogP contribution in [0.4, 0.5) is 0 Å². The van der Waals surface area contributed by atoms with Crippen molar-refractivity contribution < 1.29 is 14.3 Å². The predicted octanol–water partition coefficient (Wildman–Crippen LogP) is 3.49. The fourth-order valence-corrected chi connectivity index (χ4v) is 4.03. The van der Waals surface area contributed by atoms with E-state index in [4.69, 9.17) is 4.74 Å². The van der Waals surface area contributed by atoms with Gasteiger partial charge in [-0.2, -0.15) is 10.2 Å². The van der Waals surface area contributed by atoms with Gasteiger partial charge in [-0.05, 0) is 37.5 Å². The molecule has 1 amide bonds. The lowest BCUT2D eigenvalue weighted by atomic mass is 10.0. The summed E-state index contributed by atoms with van der Waals surface area (Å²) in [5.41, 5.74) is 3.45. The fourth-order valence-electron chi connectivity index (χ4n) is 4.03. The van der Waals surface area contributed by atoms with E-state index in [1.807, 2.05) is 41.2 Å². The van der Waals surface area contributed by atoms with Crippen LogP contribution in [-0.2, 0) is 24.2 Å². The predicted molar refractivity (Wildman–Crippen MR) is 120 cm³/mol. The molecule has 3 aromatic rings. The molecule has 8 nitrogen and oxygen atoms in total. The van der Waals surface area contributed by atoms with Crippen LogP contribution in [0.2, 0.25) is 0 Å². The third-order valence-corrected chi connectivity index (χ3v) is 5.69. The van der Waals surface area contributed by atoms with Crippen molar-refractivity contribution in [1.29, 1.82) is 0 Å². The zero-order valence-electron chi connectivity index (χ0n) is 18.8. The number of carbonyl (C=O) groups is 2. The molecule has 0 fully saturated rings. The molecule has 0 atom stereocenters. The third kappa shape index (κ3) is 4.30. The van der Waals surface area contributed by atoms with E-state index < -0.39 is 5.97 Å². The first-order valence-electron chi connectivity index (χ1n) is 11.1. The molecule has 168 valence electrons. The number of fused-ring (bicyclic) bond motifs is 1. The van der Waals surface area contributed by atoms with Crippen molar-refractivity contribution in [2.45, 2.75) is 46.7 Å². The van der Waals surface area contributed by atoms with E-state index >= 15 is 0 Å². The Balaban J connectivity index is 1.65. The van der Waals surface area contributed by atoms with Crippen LogP contribution in [0.3, 0.4) is 0 Å². The molecule has 0 bridgehead atoms. The van der Waals surface area contributed by atoms with Crippen LogP contribution in [0.25, 0.3) is 5.69 Å². The molecule has 32 heavy (non-hydrogen) atoms. The second-order valence-corrected chi connectivity index (χ2v) is 8.34. The molecule has 0 saturated carbocycles. The van der Waals surface area contributed by atoms with Gasteiger partial charge < -0.3 is 9.64 Å². The molecule has 0 spiro atoms. The van der Waals surface area contributed by atoms with E-state index in [0.717, 1.165) is 29.9 Å². The van der Waals surface area contributed by atoms with Gasteiger partial charge in [0, 0.05) is 43.2 Å². The van der Waals surface area contributed by atoms with Gasteiger partial charge in [-0.15, -0.1) is 0 Å². The zero-order valence-corrected chi connectivity index (χ0v) is 18.8. The van der Waals surface area contributed by atoms with Gasteiger partial charge in [0.15, 0.2) is 5.69 Å². The Labute approximate surface area is 187 Å². The Morgan fingerprint density at radius 2 is 2.00 bits per heavy atom. The van der Waals surface area contributed by atoms with Gasteiger partial charge in [0.05, 0.1) is 24.4 Å². The standard InChI is InChI=1S/C24H29N5O3/c1-4-32-24(31)22-19-16-27(14-11-21(19)29(26-22)15-10-17(2)3)23(30)18-8-5-6-9-20(18)28-13-7-12-25-28/h5-9,12-13,17H,4,10-11,14-16H2,1-3H3. The van der Waals surface area contributed by atoms with Crippen molar-refractivity contribution in [3.63, 3.8) is 0 Å². The summed E-state index contributed by atoms with van der Waals surface area (Å²) in [7, 11) is 0. The molecule has 0 N–H and O–H groups in total. The minimum Gasteiger partial charge on any atom is -0.461 e. The van der Waals surface area contributed by atoms with Crippen LogP contribution < -0.4 is 0 Å². The quantitative estimate of drug-likeness (QED) is 0.531. The lowest BCUT2D eigenvalue weighted by molar-refractivity contribution is 0.0513. The van der Waals surface area contributed by atoms with Crippen molar-refractivity contribution >= 4 is 11.9 Å². The van der Waals surface area contributed by atoms with E-state index in [0.29, 0.717) is 36.7 Å². The lowest BCUT2D eigenvalue weighted by Crippen LogP contribution is -2.37. The summed E-state index contributed by atoms with van der Waals surface area (Å²) in [6, 6.07) is 9.26. The summed E-state index contributed by atoms with van der Waals surface area (Å²) in [5.74, 6) is 0.00568. The number of esters is 1. The molecule has 1 aliphatic rings. The number of aryl methyl sites for hydroxylation is 1. The Bertz CT molecular complexity index is 1100. The molecule has 1 aliphatic heterocycles. The van der Waals surface area contributed by atoms with Crippen molar-refractivity contribution in [3.8, 4) is 5.69 Å². The van der Waals surface area contributed by atoms with Crippen LogP contribution in [0.5, 0.6) is 0 Å². The Kier molecular flexibility index (Phi) is 6.39. The molecule has 4 rings (SSSR count). The Morgan fingerprint density at radius 3 is 2.72 bits per heavy atom. The minimum atomic E-state index is -0.432. The number of carbonyl (C=O) groups excluding carboxylic acids is 2. The van der Waals surface area contributed by atoms with E-state index in [1.165, 1.54) is 0 Å². The summed E-state index contributed by atoms with van der Waals surface area (Å²) in [6.07, 6.45) is 5.12. The summed E-state index contributed by atoms with van der Waals surface area (Å²) in [5, 5.41) is 8.87. The van der Waals surface area contributed by atoms with Gasteiger partial charge in [0.1, 0.15) is 0 Å². The van der Waals surface area contributed by atoms with E-state index in [1.54, 1.807) is 22.7 Å². The summed E-state index contributed by atoms with van der Waals surface area (Å²) < 4.78 is 8.87. The number of para-hydroxylation sites is 1. The average Bonchev–Trinajstić information content (AvgIpc) is 3.45. The number of aromatic nitrogens is 4. The number of amides is 1. The topological polar surface area (TPSA) is 82.3 Å². The lowest BCUT2D eigenvalue weighted by Gasteiger charge is -2.28. The maximum absolute atomic E-state index is 13.5. The van der Waals surface area contributed by atoms with Gasteiger partial charge in [0.25, 0.3) is 5.91 Å². The summed E-state index contributed by atoms with van der Waals surface area (Å²) in [6.45, 7) is 8.04. The molecule has 0 aliphatic carbocycles.